The molecule has 1 N–H and O–H groups in total. The van der Waals surface area contributed by atoms with Gasteiger partial charge >= 0.3 is 0 Å². The molecule has 2 heterocycles. The third-order valence-electron chi connectivity index (χ3n) is 4.91. The van der Waals surface area contributed by atoms with Gasteiger partial charge in [0.2, 0.25) is 0 Å². The largest absolute Gasteiger partial charge is 0.369 e. The van der Waals surface area contributed by atoms with Crippen molar-refractivity contribution in [1.82, 2.24) is 15.1 Å². The highest BCUT2D eigenvalue weighted by Crippen LogP contribution is 2.25. The number of carbonyl (C=O) groups excluding carboxylic acids is 1. The van der Waals surface area contributed by atoms with E-state index in [0.29, 0.717) is 23.7 Å². The monoisotopic (exact) mass is 364 g/mol. The molecule has 138 valence electrons. The first-order valence-corrected chi connectivity index (χ1v) is 9.08. The second kappa shape index (κ2) is 7.61. The zero-order valence-corrected chi connectivity index (χ0v) is 14.9. The minimum atomic E-state index is -0.197. The van der Waals surface area contributed by atoms with Gasteiger partial charge in [0.25, 0.3) is 5.91 Å². The van der Waals surface area contributed by atoms with Crippen molar-refractivity contribution in [3.8, 4) is 5.69 Å². The smallest absolute Gasteiger partial charge is 0.251 e. The van der Waals surface area contributed by atoms with Crippen LogP contribution >= 0.6 is 0 Å². The molecule has 1 aromatic heterocycles. The molecule has 4 rings (SSSR count). The molecule has 0 bridgehead atoms. The third kappa shape index (κ3) is 3.84. The van der Waals surface area contributed by atoms with Gasteiger partial charge in [-0.1, -0.05) is 18.2 Å². The molecule has 1 unspecified atom stereocenters. The van der Waals surface area contributed by atoms with E-state index in [1.165, 1.54) is 6.07 Å². The van der Waals surface area contributed by atoms with Crippen molar-refractivity contribution in [1.29, 1.82) is 0 Å². The van der Waals surface area contributed by atoms with Crippen molar-refractivity contribution in [3.05, 3.63) is 78.4 Å². The zero-order chi connectivity index (χ0) is 18.6. The lowest BCUT2D eigenvalue weighted by Gasteiger charge is -2.19. The molecule has 0 aliphatic carbocycles. The minimum Gasteiger partial charge on any atom is -0.369 e. The Morgan fingerprint density at radius 2 is 2.07 bits per heavy atom. The summed E-state index contributed by atoms with van der Waals surface area (Å²) in [4.78, 5) is 14.6. The highest BCUT2D eigenvalue weighted by molar-refractivity contribution is 5.94. The summed E-state index contributed by atoms with van der Waals surface area (Å²) in [7, 11) is 0. The third-order valence-corrected chi connectivity index (χ3v) is 4.91. The van der Waals surface area contributed by atoms with Crippen LogP contribution in [0.2, 0.25) is 0 Å². The van der Waals surface area contributed by atoms with Gasteiger partial charge < -0.3 is 10.2 Å². The van der Waals surface area contributed by atoms with Crippen molar-refractivity contribution >= 4 is 11.6 Å². The van der Waals surface area contributed by atoms with Crippen molar-refractivity contribution in [2.75, 3.05) is 24.5 Å². The van der Waals surface area contributed by atoms with E-state index < -0.39 is 0 Å². The molecular weight excluding hydrogens is 343 g/mol. The van der Waals surface area contributed by atoms with Crippen LogP contribution in [0.3, 0.4) is 0 Å². The molecule has 1 aliphatic heterocycles. The first-order chi connectivity index (χ1) is 13.2. The maximum Gasteiger partial charge on any atom is 0.251 e. The standard InChI is InChI=1S/C21H21FN4O/c22-19-7-1-2-8-20(19)25-12-9-16(15-25)14-23-21(27)17-5-3-6-18(13-17)26-11-4-10-24-26/h1-8,10-11,13,16H,9,12,14-15H2,(H,23,27). The average Bonchev–Trinajstić information content (AvgIpc) is 3.39. The Kier molecular flexibility index (Phi) is 4.87. The van der Waals surface area contributed by atoms with Crippen molar-refractivity contribution in [3.63, 3.8) is 0 Å². The summed E-state index contributed by atoms with van der Waals surface area (Å²) in [6, 6.07) is 16.0. The van der Waals surface area contributed by atoms with Crippen LogP contribution in [0.5, 0.6) is 0 Å². The molecule has 1 atom stereocenters. The Bertz CT molecular complexity index is 925. The fourth-order valence-electron chi connectivity index (χ4n) is 3.48. The van der Waals surface area contributed by atoms with Crippen LogP contribution in [0.1, 0.15) is 16.8 Å². The van der Waals surface area contributed by atoms with Crippen LogP contribution in [0.4, 0.5) is 10.1 Å². The van der Waals surface area contributed by atoms with E-state index in [4.69, 9.17) is 0 Å². The number of rotatable bonds is 5. The van der Waals surface area contributed by atoms with Gasteiger partial charge in [0.15, 0.2) is 0 Å². The van der Waals surface area contributed by atoms with E-state index in [1.807, 2.05) is 41.4 Å². The first kappa shape index (κ1) is 17.3. The van der Waals surface area contributed by atoms with E-state index in [-0.39, 0.29) is 11.7 Å². The number of benzene rings is 2. The lowest BCUT2D eigenvalue weighted by atomic mass is 10.1. The second-order valence-electron chi connectivity index (χ2n) is 6.76. The van der Waals surface area contributed by atoms with Crippen LogP contribution in [-0.2, 0) is 0 Å². The predicted molar refractivity (Wildman–Crippen MR) is 103 cm³/mol. The molecule has 2 aromatic carbocycles. The van der Waals surface area contributed by atoms with Gasteiger partial charge in [0.1, 0.15) is 5.82 Å². The molecule has 3 aromatic rings. The van der Waals surface area contributed by atoms with Gasteiger partial charge in [-0.05, 0) is 48.7 Å². The van der Waals surface area contributed by atoms with Crippen molar-refractivity contribution in [2.45, 2.75) is 6.42 Å². The summed E-state index contributed by atoms with van der Waals surface area (Å²) in [5.41, 5.74) is 2.09. The maximum atomic E-state index is 13.9. The molecule has 1 saturated heterocycles. The highest BCUT2D eigenvalue weighted by Gasteiger charge is 2.24. The molecule has 0 saturated carbocycles. The average molecular weight is 364 g/mol. The summed E-state index contributed by atoms with van der Waals surface area (Å²) < 4.78 is 15.7. The van der Waals surface area contributed by atoms with Crippen LogP contribution in [0.25, 0.3) is 5.69 Å². The number of nitrogens with zero attached hydrogens (tertiary/aromatic N) is 3. The zero-order valence-electron chi connectivity index (χ0n) is 14.9. The maximum absolute atomic E-state index is 13.9. The Hall–Kier alpha value is -3.15. The summed E-state index contributed by atoms with van der Waals surface area (Å²) in [6.45, 7) is 2.13. The molecule has 5 nitrogen and oxygen atoms in total. The number of carbonyl (C=O) groups is 1. The number of anilines is 1. The van der Waals surface area contributed by atoms with Crippen molar-refractivity contribution in [2.24, 2.45) is 5.92 Å². The molecule has 1 fully saturated rings. The van der Waals surface area contributed by atoms with Gasteiger partial charge in [0.05, 0.1) is 11.4 Å². The Morgan fingerprint density at radius 3 is 2.89 bits per heavy atom. The molecule has 6 heteroatoms. The van der Waals surface area contributed by atoms with Crippen LogP contribution < -0.4 is 10.2 Å². The number of nitrogens with one attached hydrogen (secondary N) is 1. The lowest BCUT2D eigenvalue weighted by Crippen LogP contribution is -2.31. The SMILES string of the molecule is O=C(NCC1CCN(c2ccccc2F)C1)c1cccc(-n2cccn2)c1. The van der Waals surface area contributed by atoms with Gasteiger partial charge in [0, 0.05) is 37.6 Å². The fraction of sp³-hybridized carbons (Fsp3) is 0.238. The first-order valence-electron chi connectivity index (χ1n) is 9.08. The summed E-state index contributed by atoms with van der Waals surface area (Å²) >= 11 is 0. The van der Waals surface area contributed by atoms with Gasteiger partial charge in [-0.25, -0.2) is 9.07 Å². The Morgan fingerprint density at radius 1 is 1.19 bits per heavy atom. The number of para-hydroxylation sites is 1. The topological polar surface area (TPSA) is 50.2 Å². The van der Waals surface area contributed by atoms with Crippen LogP contribution in [0.15, 0.2) is 67.0 Å². The number of hydrogen-bond donors (Lipinski definition) is 1. The van der Waals surface area contributed by atoms with Crippen LogP contribution in [-0.4, -0.2) is 35.3 Å². The molecule has 27 heavy (non-hydrogen) atoms. The number of hydrogen-bond acceptors (Lipinski definition) is 3. The summed E-state index contributed by atoms with van der Waals surface area (Å²) in [5.74, 6) is 0.00817. The van der Waals surface area contributed by atoms with Gasteiger partial charge in [-0.2, -0.15) is 5.10 Å². The number of amides is 1. The van der Waals surface area contributed by atoms with E-state index in [2.05, 4.69) is 10.4 Å². The Balaban J connectivity index is 1.35. The summed E-state index contributed by atoms with van der Waals surface area (Å²) in [5, 5.41) is 7.20. The van der Waals surface area contributed by atoms with E-state index in [0.717, 1.165) is 25.2 Å². The van der Waals surface area contributed by atoms with Gasteiger partial charge in [-0.15, -0.1) is 0 Å². The van der Waals surface area contributed by atoms with Crippen LogP contribution in [0, 0.1) is 11.7 Å². The van der Waals surface area contributed by atoms with E-state index in [1.54, 1.807) is 29.1 Å². The molecular formula is C21H21FN4O. The molecule has 1 amide bonds. The highest BCUT2D eigenvalue weighted by atomic mass is 19.1. The normalized spacial score (nSPS) is 16.5. The molecule has 0 radical (unpaired) electrons. The quantitative estimate of drug-likeness (QED) is 0.756. The minimum absolute atomic E-state index is 0.103. The summed E-state index contributed by atoms with van der Waals surface area (Å²) in [6.07, 6.45) is 4.48. The van der Waals surface area contributed by atoms with E-state index >= 15 is 0 Å². The Labute approximate surface area is 157 Å². The van der Waals surface area contributed by atoms with E-state index in [9.17, 15) is 9.18 Å². The fourth-order valence-corrected chi connectivity index (χ4v) is 3.48. The molecule has 0 spiro atoms. The molecule has 1 aliphatic rings. The predicted octanol–water partition coefficient (Wildman–Crippen LogP) is 3.27. The van der Waals surface area contributed by atoms with Gasteiger partial charge in [-0.3, -0.25) is 4.79 Å². The number of aromatic nitrogens is 2. The second-order valence-corrected chi connectivity index (χ2v) is 6.76. The number of halogens is 1. The van der Waals surface area contributed by atoms with Crippen molar-refractivity contribution < 1.29 is 9.18 Å². The lowest BCUT2D eigenvalue weighted by molar-refractivity contribution is 0.0948.